The van der Waals surface area contributed by atoms with Gasteiger partial charge in [-0.15, -0.1) is 0 Å². The molecule has 0 aliphatic heterocycles. The summed E-state index contributed by atoms with van der Waals surface area (Å²) < 4.78 is 31.5. The standard InChI is InChI=1S/C13H20N2O4S/c1-4-9-14-13(16)10(2)15-20(17,18)12-7-5-11(19-3)6-8-12/h5-8,10,15H,4,9H2,1-3H3,(H,14,16)/t10-/m1/s1. The van der Waals surface area contributed by atoms with Crippen molar-refractivity contribution in [2.45, 2.75) is 31.2 Å². The zero-order valence-electron chi connectivity index (χ0n) is 11.8. The van der Waals surface area contributed by atoms with Gasteiger partial charge in [0.25, 0.3) is 0 Å². The van der Waals surface area contributed by atoms with E-state index in [4.69, 9.17) is 4.74 Å². The van der Waals surface area contributed by atoms with Crippen molar-refractivity contribution in [2.24, 2.45) is 0 Å². The molecule has 0 aromatic heterocycles. The van der Waals surface area contributed by atoms with Gasteiger partial charge in [0.15, 0.2) is 0 Å². The van der Waals surface area contributed by atoms with E-state index in [1.54, 1.807) is 12.1 Å². The lowest BCUT2D eigenvalue weighted by Gasteiger charge is -2.14. The zero-order valence-corrected chi connectivity index (χ0v) is 12.7. The molecule has 112 valence electrons. The van der Waals surface area contributed by atoms with Crippen LogP contribution in [0.1, 0.15) is 20.3 Å². The van der Waals surface area contributed by atoms with E-state index in [9.17, 15) is 13.2 Å². The van der Waals surface area contributed by atoms with Crippen molar-refractivity contribution in [3.8, 4) is 5.75 Å². The lowest BCUT2D eigenvalue weighted by molar-refractivity contribution is -0.122. The van der Waals surface area contributed by atoms with Crippen LogP contribution >= 0.6 is 0 Å². The van der Waals surface area contributed by atoms with Crippen molar-refractivity contribution in [1.29, 1.82) is 0 Å². The fraction of sp³-hybridized carbons (Fsp3) is 0.462. The van der Waals surface area contributed by atoms with Crippen LogP contribution < -0.4 is 14.8 Å². The number of carbonyl (C=O) groups is 1. The van der Waals surface area contributed by atoms with Crippen LogP contribution in [0.5, 0.6) is 5.75 Å². The summed E-state index contributed by atoms with van der Waals surface area (Å²) in [5.41, 5.74) is 0. The molecule has 7 heteroatoms. The second-order valence-electron chi connectivity index (χ2n) is 4.31. The molecule has 0 fully saturated rings. The molecule has 1 aromatic rings. The molecule has 0 saturated carbocycles. The summed E-state index contributed by atoms with van der Waals surface area (Å²) in [6.45, 7) is 3.95. The van der Waals surface area contributed by atoms with Crippen LogP contribution in [-0.2, 0) is 14.8 Å². The number of methoxy groups -OCH3 is 1. The van der Waals surface area contributed by atoms with Crippen LogP contribution in [0, 0.1) is 0 Å². The molecule has 2 N–H and O–H groups in total. The Balaban J connectivity index is 2.75. The lowest BCUT2D eigenvalue weighted by Crippen LogP contribution is -2.44. The molecule has 0 radical (unpaired) electrons. The minimum absolute atomic E-state index is 0.0911. The van der Waals surface area contributed by atoms with Gasteiger partial charge in [-0.1, -0.05) is 6.92 Å². The quantitative estimate of drug-likeness (QED) is 0.783. The molecular formula is C13H20N2O4S. The highest BCUT2D eigenvalue weighted by molar-refractivity contribution is 7.89. The van der Waals surface area contributed by atoms with E-state index in [1.165, 1.54) is 26.2 Å². The Labute approximate surface area is 119 Å². The maximum Gasteiger partial charge on any atom is 0.241 e. The molecular weight excluding hydrogens is 280 g/mol. The van der Waals surface area contributed by atoms with Gasteiger partial charge < -0.3 is 10.1 Å². The number of ether oxygens (including phenoxy) is 1. The SMILES string of the molecule is CCCNC(=O)[C@@H](C)NS(=O)(=O)c1ccc(OC)cc1. The van der Waals surface area contributed by atoms with E-state index in [0.29, 0.717) is 12.3 Å². The van der Waals surface area contributed by atoms with Gasteiger partial charge in [-0.05, 0) is 37.6 Å². The second-order valence-corrected chi connectivity index (χ2v) is 6.02. The van der Waals surface area contributed by atoms with Crippen LogP contribution in [0.4, 0.5) is 0 Å². The Bertz CT molecular complexity index is 540. The number of rotatable bonds is 7. The van der Waals surface area contributed by atoms with Gasteiger partial charge in [-0.2, -0.15) is 4.72 Å². The van der Waals surface area contributed by atoms with Gasteiger partial charge in [-0.3, -0.25) is 4.79 Å². The molecule has 0 heterocycles. The third kappa shape index (κ3) is 4.50. The van der Waals surface area contributed by atoms with Crippen molar-refractivity contribution >= 4 is 15.9 Å². The number of sulfonamides is 1. The summed E-state index contributed by atoms with van der Waals surface area (Å²) in [6, 6.07) is 5.14. The van der Waals surface area contributed by atoms with Crippen molar-refractivity contribution in [3.05, 3.63) is 24.3 Å². The number of hydrogen-bond acceptors (Lipinski definition) is 4. The summed E-state index contributed by atoms with van der Waals surface area (Å²) in [5, 5.41) is 2.64. The fourth-order valence-electron chi connectivity index (χ4n) is 1.51. The molecule has 0 aliphatic rings. The molecule has 20 heavy (non-hydrogen) atoms. The zero-order chi connectivity index (χ0) is 15.2. The van der Waals surface area contributed by atoms with Crippen molar-refractivity contribution in [3.63, 3.8) is 0 Å². The van der Waals surface area contributed by atoms with Crippen molar-refractivity contribution in [1.82, 2.24) is 10.0 Å². The third-order valence-electron chi connectivity index (χ3n) is 2.64. The molecule has 6 nitrogen and oxygen atoms in total. The van der Waals surface area contributed by atoms with Crippen molar-refractivity contribution < 1.29 is 17.9 Å². The van der Waals surface area contributed by atoms with Gasteiger partial charge in [-0.25, -0.2) is 8.42 Å². The van der Waals surface area contributed by atoms with E-state index >= 15 is 0 Å². The fourth-order valence-corrected chi connectivity index (χ4v) is 2.71. The number of nitrogens with one attached hydrogen (secondary N) is 2. The molecule has 0 bridgehead atoms. The summed E-state index contributed by atoms with van der Waals surface area (Å²) in [6.07, 6.45) is 0.795. The van der Waals surface area contributed by atoms with Gasteiger partial charge in [0, 0.05) is 6.54 Å². The summed E-state index contributed by atoms with van der Waals surface area (Å²) in [4.78, 5) is 11.7. The number of carbonyl (C=O) groups excluding carboxylic acids is 1. The first-order valence-corrected chi connectivity index (χ1v) is 7.83. The number of amides is 1. The molecule has 0 aliphatic carbocycles. The van der Waals surface area contributed by atoms with Gasteiger partial charge >= 0.3 is 0 Å². The summed E-state index contributed by atoms with van der Waals surface area (Å²) in [7, 11) is -2.22. The van der Waals surface area contributed by atoms with Crippen LogP contribution in [0.25, 0.3) is 0 Å². The minimum Gasteiger partial charge on any atom is -0.497 e. The van der Waals surface area contributed by atoms with Gasteiger partial charge in [0.05, 0.1) is 18.0 Å². The molecule has 0 saturated heterocycles. The first-order chi connectivity index (χ1) is 9.40. The highest BCUT2D eigenvalue weighted by Crippen LogP contribution is 2.15. The normalized spacial score (nSPS) is 12.8. The first kappa shape index (κ1) is 16.5. The van der Waals surface area contributed by atoms with Gasteiger partial charge in [0.1, 0.15) is 5.75 Å². The van der Waals surface area contributed by atoms with E-state index in [0.717, 1.165) is 6.42 Å². The van der Waals surface area contributed by atoms with E-state index < -0.39 is 16.1 Å². The monoisotopic (exact) mass is 300 g/mol. The summed E-state index contributed by atoms with van der Waals surface area (Å²) >= 11 is 0. The lowest BCUT2D eigenvalue weighted by atomic mass is 10.3. The van der Waals surface area contributed by atoms with Crippen LogP contribution in [-0.4, -0.2) is 34.0 Å². The third-order valence-corrected chi connectivity index (χ3v) is 4.20. The average Bonchev–Trinajstić information content (AvgIpc) is 2.44. The summed E-state index contributed by atoms with van der Waals surface area (Å²) in [5.74, 6) is 0.224. The van der Waals surface area contributed by atoms with E-state index in [2.05, 4.69) is 10.0 Å². The number of hydrogen-bond donors (Lipinski definition) is 2. The predicted molar refractivity (Wildman–Crippen MR) is 76.1 cm³/mol. The highest BCUT2D eigenvalue weighted by atomic mass is 32.2. The highest BCUT2D eigenvalue weighted by Gasteiger charge is 2.21. The van der Waals surface area contributed by atoms with E-state index in [-0.39, 0.29) is 10.8 Å². The van der Waals surface area contributed by atoms with Gasteiger partial charge in [0.2, 0.25) is 15.9 Å². The van der Waals surface area contributed by atoms with Crippen molar-refractivity contribution in [2.75, 3.05) is 13.7 Å². The van der Waals surface area contributed by atoms with E-state index in [1.807, 2.05) is 6.92 Å². The Morgan fingerprint density at radius 1 is 1.30 bits per heavy atom. The Kier molecular flexibility index (Phi) is 5.97. The largest absolute Gasteiger partial charge is 0.497 e. The Morgan fingerprint density at radius 2 is 1.90 bits per heavy atom. The first-order valence-electron chi connectivity index (χ1n) is 6.34. The molecule has 0 unspecified atom stereocenters. The average molecular weight is 300 g/mol. The van der Waals surface area contributed by atoms with Crippen LogP contribution in [0.3, 0.4) is 0 Å². The molecule has 0 spiro atoms. The number of benzene rings is 1. The maximum absolute atomic E-state index is 12.1. The second kappa shape index (κ2) is 7.25. The molecule has 1 atom stereocenters. The molecule has 1 aromatic carbocycles. The van der Waals surface area contributed by atoms with Crippen LogP contribution in [0.2, 0.25) is 0 Å². The molecule has 1 amide bonds. The Hall–Kier alpha value is -1.60. The maximum atomic E-state index is 12.1. The molecule has 1 rings (SSSR count). The topological polar surface area (TPSA) is 84.5 Å². The van der Waals surface area contributed by atoms with Crippen LogP contribution in [0.15, 0.2) is 29.2 Å². The Morgan fingerprint density at radius 3 is 2.40 bits per heavy atom. The smallest absolute Gasteiger partial charge is 0.241 e. The predicted octanol–water partition coefficient (Wildman–Crippen LogP) is 0.888. The minimum atomic E-state index is -3.72.